The minimum absolute atomic E-state index is 0.0277. The van der Waals surface area contributed by atoms with E-state index >= 15 is 0 Å². The molecule has 8 heteroatoms. The Bertz CT molecular complexity index is 1180. The van der Waals surface area contributed by atoms with Crippen molar-refractivity contribution >= 4 is 38.7 Å². The summed E-state index contributed by atoms with van der Waals surface area (Å²) in [4.78, 5) is 30.8. The Morgan fingerprint density at radius 1 is 1.27 bits per heavy atom. The predicted molar refractivity (Wildman–Crippen MR) is 114 cm³/mol. The zero-order valence-electron chi connectivity index (χ0n) is 16.0. The van der Waals surface area contributed by atoms with E-state index in [0.29, 0.717) is 42.6 Å². The third kappa shape index (κ3) is 4.36. The molecule has 3 heterocycles. The Balaban J connectivity index is 1.37. The van der Waals surface area contributed by atoms with E-state index in [-0.39, 0.29) is 18.5 Å². The first-order valence-corrected chi connectivity index (χ1v) is 10.3. The summed E-state index contributed by atoms with van der Waals surface area (Å²) in [6, 6.07) is 12.4. The lowest BCUT2D eigenvalue weighted by Gasteiger charge is -2.31. The summed E-state index contributed by atoms with van der Waals surface area (Å²) in [7, 11) is 0. The van der Waals surface area contributed by atoms with E-state index in [2.05, 4.69) is 31.9 Å². The first-order valence-electron chi connectivity index (χ1n) is 9.53. The van der Waals surface area contributed by atoms with Crippen LogP contribution in [-0.4, -0.2) is 24.0 Å². The molecule has 0 aliphatic carbocycles. The standard InChI is InChI=1S/C22H18BrN3O4/c23-17-2-3-18-16(9-21(27)30-19(18)10-17)13-29-22(28)15-5-7-26(8-6-15)20-4-1-14(11-24)12-25-20/h1-4,9-10,12,15H,5-8,13H2. The van der Waals surface area contributed by atoms with Gasteiger partial charge in [0.25, 0.3) is 0 Å². The first-order chi connectivity index (χ1) is 14.5. The van der Waals surface area contributed by atoms with Crippen molar-refractivity contribution in [1.82, 2.24) is 4.98 Å². The predicted octanol–water partition coefficient (Wildman–Crippen LogP) is 3.78. The van der Waals surface area contributed by atoms with Crippen LogP contribution in [0.15, 0.2) is 56.3 Å². The molecule has 30 heavy (non-hydrogen) atoms. The highest BCUT2D eigenvalue weighted by molar-refractivity contribution is 9.10. The number of hydrogen-bond donors (Lipinski definition) is 0. The summed E-state index contributed by atoms with van der Waals surface area (Å²) in [5.41, 5.74) is 1.12. The van der Waals surface area contributed by atoms with Crippen molar-refractivity contribution in [2.24, 2.45) is 5.92 Å². The highest BCUT2D eigenvalue weighted by atomic mass is 79.9. The number of carbonyl (C=O) groups excluding carboxylic acids is 1. The van der Waals surface area contributed by atoms with Gasteiger partial charge in [0.1, 0.15) is 24.1 Å². The van der Waals surface area contributed by atoms with Gasteiger partial charge in [0.15, 0.2) is 0 Å². The number of ether oxygens (including phenoxy) is 1. The van der Waals surface area contributed by atoms with Crippen molar-refractivity contribution < 1.29 is 13.9 Å². The number of fused-ring (bicyclic) bond motifs is 1. The minimum atomic E-state index is -0.477. The first kappa shape index (κ1) is 20.1. The lowest BCUT2D eigenvalue weighted by molar-refractivity contribution is -0.150. The minimum Gasteiger partial charge on any atom is -0.461 e. The normalized spacial score (nSPS) is 14.5. The number of anilines is 1. The van der Waals surface area contributed by atoms with Crippen LogP contribution >= 0.6 is 15.9 Å². The molecule has 0 amide bonds. The average molecular weight is 468 g/mol. The Labute approximate surface area is 181 Å². The third-order valence-corrected chi connectivity index (χ3v) is 5.68. The van der Waals surface area contributed by atoms with Gasteiger partial charge in [0.2, 0.25) is 0 Å². The summed E-state index contributed by atoms with van der Waals surface area (Å²) < 4.78 is 11.6. The average Bonchev–Trinajstić information content (AvgIpc) is 2.77. The Morgan fingerprint density at radius 2 is 2.07 bits per heavy atom. The summed E-state index contributed by atoms with van der Waals surface area (Å²) >= 11 is 3.35. The van der Waals surface area contributed by atoms with Gasteiger partial charge in [-0.15, -0.1) is 0 Å². The molecule has 0 unspecified atom stereocenters. The molecule has 1 fully saturated rings. The second kappa shape index (κ2) is 8.67. The summed E-state index contributed by atoms with van der Waals surface area (Å²) in [5.74, 6) is 0.343. The molecule has 0 saturated carbocycles. The van der Waals surface area contributed by atoms with Gasteiger partial charge in [0.05, 0.1) is 11.5 Å². The maximum Gasteiger partial charge on any atom is 0.336 e. The SMILES string of the molecule is N#Cc1ccc(N2CCC(C(=O)OCc3cc(=O)oc4cc(Br)ccc34)CC2)nc1. The molecular weight excluding hydrogens is 450 g/mol. The summed E-state index contributed by atoms with van der Waals surface area (Å²) in [6.07, 6.45) is 2.87. The number of nitrogens with zero attached hydrogens (tertiary/aromatic N) is 3. The molecule has 4 rings (SSSR count). The molecule has 0 bridgehead atoms. The molecule has 1 aromatic carbocycles. The van der Waals surface area contributed by atoms with E-state index in [1.165, 1.54) is 6.07 Å². The maximum absolute atomic E-state index is 12.6. The molecule has 0 spiro atoms. The smallest absolute Gasteiger partial charge is 0.336 e. The molecule has 2 aromatic heterocycles. The van der Waals surface area contributed by atoms with Gasteiger partial charge >= 0.3 is 11.6 Å². The molecular formula is C22H18BrN3O4. The third-order valence-electron chi connectivity index (χ3n) is 5.19. The second-order valence-corrected chi connectivity index (χ2v) is 8.03. The second-order valence-electron chi connectivity index (χ2n) is 7.12. The molecule has 1 aliphatic rings. The number of nitriles is 1. The fraction of sp³-hybridized carbons (Fsp3) is 0.273. The lowest BCUT2D eigenvalue weighted by atomic mass is 9.97. The number of pyridine rings is 1. The van der Waals surface area contributed by atoms with Gasteiger partial charge in [-0.3, -0.25) is 4.79 Å². The van der Waals surface area contributed by atoms with Gasteiger partial charge in [0, 0.05) is 40.8 Å². The van der Waals surface area contributed by atoms with E-state index < -0.39 is 5.63 Å². The molecule has 152 valence electrons. The molecule has 1 aliphatic heterocycles. The van der Waals surface area contributed by atoms with Crippen LogP contribution < -0.4 is 10.5 Å². The number of benzene rings is 1. The quantitative estimate of drug-likeness (QED) is 0.425. The highest BCUT2D eigenvalue weighted by Crippen LogP contribution is 2.25. The maximum atomic E-state index is 12.6. The fourth-order valence-corrected chi connectivity index (χ4v) is 3.91. The lowest BCUT2D eigenvalue weighted by Crippen LogP contribution is -2.37. The van der Waals surface area contributed by atoms with Crippen LogP contribution in [0.2, 0.25) is 0 Å². The topological polar surface area (TPSA) is 96.4 Å². The number of hydrogen-bond acceptors (Lipinski definition) is 7. The number of rotatable bonds is 4. The molecule has 0 atom stereocenters. The zero-order valence-corrected chi connectivity index (χ0v) is 17.6. The van der Waals surface area contributed by atoms with E-state index in [9.17, 15) is 9.59 Å². The van der Waals surface area contributed by atoms with Gasteiger partial charge in [-0.05, 0) is 43.2 Å². The highest BCUT2D eigenvalue weighted by Gasteiger charge is 2.27. The van der Waals surface area contributed by atoms with Crippen molar-refractivity contribution in [3.63, 3.8) is 0 Å². The van der Waals surface area contributed by atoms with Crippen LogP contribution in [0.3, 0.4) is 0 Å². The van der Waals surface area contributed by atoms with Crippen LogP contribution in [0.4, 0.5) is 5.82 Å². The fourth-order valence-electron chi connectivity index (χ4n) is 3.57. The van der Waals surface area contributed by atoms with Crippen molar-refractivity contribution in [3.8, 4) is 6.07 Å². The van der Waals surface area contributed by atoms with Gasteiger partial charge < -0.3 is 14.1 Å². The zero-order chi connectivity index (χ0) is 21.1. The Kier molecular flexibility index (Phi) is 5.81. The number of esters is 1. The molecule has 1 saturated heterocycles. The van der Waals surface area contributed by atoms with Crippen LogP contribution in [0.5, 0.6) is 0 Å². The van der Waals surface area contributed by atoms with E-state index in [1.807, 2.05) is 18.2 Å². The van der Waals surface area contributed by atoms with Crippen LogP contribution in [-0.2, 0) is 16.1 Å². The van der Waals surface area contributed by atoms with E-state index in [4.69, 9.17) is 14.4 Å². The largest absolute Gasteiger partial charge is 0.461 e. The number of piperidine rings is 1. The van der Waals surface area contributed by atoms with Gasteiger partial charge in [-0.25, -0.2) is 9.78 Å². The number of carbonyl (C=O) groups is 1. The van der Waals surface area contributed by atoms with Gasteiger partial charge in [-0.1, -0.05) is 15.9 Å². The van der Waals surface area contributed by atoms with E-state index in [1.54, 1.807) is 18.3 Å². The van der Waals surface area contributed by atoms with Gasteiger partial charge in [-0.2, -0.15) is 5.26 Å². The van der Waals surface area contributed by atoms with Crippen molar-refractivity contribution in [1.29, 1.82) is 5.26 Å². The van der Waals surface area contributed by atoms with Crippen molar-refractivity contribution in [3.05, 3.63) is 68.6 Å². The molecule has 3 aromatic rings. The van der Waals surface area contributed by atoms with Crippen LogP contribution in [0.1, 0.15) is 24.0 Å². The molecule has 7 nitrogen and oxygen atoms in total. The van der Waals surface area contributed by atoms with Crippen molar-refractivity contribution in [2.45, 2.75) is 19.4 Å². The Morgan fingerprint density at radius 3 is 2.77 bits per heavy atom. The molecule has 0 radical (unpaired) electrons. The van der Waals surface area contributed by atoms with Crippen molar-refractivity contribution in [2.75, 3.05) is 18.0 Å². The monoisotopic (exact) mass is 467 g/mol. The summed E-state index contributed by atoms with van der Waals surface area (Å²) in [5, 5.41) is 9.62. The Hall–Kier alpha value is -3.18. The molecule has 0 N–H and O–H groups in total. The number of halogens is 1. The summed E-state index contributed by atoms with van der Waals surface area (Å²) in [6.45, 7) is 1.40. The number of aromatic nitrogens is 1. The van der Waals surface area contributed by atoms with E-state index in [0.717, 1.165) is 15.7 Å². The van der Waals surface area contributed by atoms with Crippen LogP contribution in [0.25, 0.3) is 11.0 Å². The van der Waals surface area contributed by atoms with Crippen LogP contribution in [0, 0.1) is 17.2 Å².